The summed E-state index contributed by atoms with van der Waals surface area (Å²) < 4.78 is 8.98. The van der Waals surface area contributed by atoms with Crippen molar-refractivity contribution in [3.63, 3.8) is 0 Å². The summed E-state index contributed by atoms with van der Waals surface area (Å²) in [6.45, 7) is 6.13. The molecule has 8 heteroatoms. The third-order valence-corrected chi connectivity index (χ3v) is 4.03. The molecule has 0 aliphatic rings. The molecule has 2 aromatic heterocycles. The monoisotopic (exact) mass is 373 g/mol. The van der Waals surface area contributed by atoms with Gasteiger partial charge in [0, 0.05) is 12.6 Å². The molecule has 0 spiro atoms. The average Bonchev–Trinajstić information content (AvgIpc) is 3.18. The van der Waals surface area contributed by atoms with Crippen LogP contribution in [0.5, 0.6) is 5.88 Å². The number of hydrogen-bond acceptors (Lipinski definition) is 4. The minimum absolute atomic E-state index is 0.207. The zero-order valence-electron chi connectivity index (χ0n) is 14.8. The highest BCUT2D eigenvalue weighted by Crippen LogP contribution is 2.25. The van der Waals surface area contributed by atoms with Gasteiger partial charge in [-0.15, -0.1) is 5.10 Å². The molecule has 0 aliphatic carbocycles. The van der Waals surface area contributed by atoms with E-state index >= 15 is 0 Å². The number of anilines is 1. The third kappa shape index (κ3) is 3.88. The van der Waals surface area contributed by atoms with Crippen molar-refractivity contribution in [1.29, 1.82) is 0 Å². The Labute approximate surface area is 156 Å². The number of benzene rings is 1. The zero-order chi connectivity index (χ0) is 18.7. The predicted octanol–water partition coefficient (Wildman–Crippen LogP) is 3.46. The normalized spacial score (nSPS) is 12.0. The van der Waals surface area contributed by atoms with E-state index in [1.54, 1.807) is 22.5 Å². The van der Waals surface area contributed by atoms with E-state index in [0.717, 1.165) is 11.4 Å². The summed E-state index contributed by atoms with van der Waals surface area (Å²) in [7, 11) is 0. The van der Waals surface area contributed by atoms with Crippen LogP contribution in [0.3, 0.4) is 0 Å². The van der Waals surface area contributed by atoms with Gasteiger partial charge in [-0.05, 0) is 32.9 Å². The summed E-state index contributed by atoms with van der Waals surface area (Å²) >= 11 is 6.20. The van der Waals surface area contributed by atoms with Gasteiger partial charge in [0.25, 0.3) is 11.8 Å². The Bertz CT molecular complexity index is 904. The van der Waals surface area contributed by atoms with Crippen LogP contribution in [0.2, 0.25) is 5.02 Å². The zero-order valence-corrected chi connectivity index (χ0v) is 15.6. The Kier molecular flexibility index (Phi) is 5.27. The molecule has 0 unspecified atom stereocenters. The second-order valence-corrected chi connectivity index (χ2v) is 6.21. The lowest BCUT2D eigenvalue weighted by atomic mass is 10.3. The molecule has 0 saturated heterocycles. The lowest BCUT2D eigenvalue weighted by molar-refractivity contribution is -0.122. The Hall–Kier alpha value is -2.80. The molecular formula is C18H20ClN5O2. The van der Waals surface area contributed by atoms with Crippen molar-refractivity contribution in [3.8, 4) is 11.6 Å². The maximum Gasteiger partial charge on any atom is 0.266 e. The first-order valence-corrected chi connectivity index (χ1v) is 8.68. The Morgan fingerprint density at radius 1 is 1.31 bits per heavy atom. The van der Waals surface area contributed by atoms with Gasteiger partial charge in [0.2, 0.25) is 0 Å². The summed E-state index contributed by atoms with van der Waals surface area (Å²) in [4.78, 5) is 12.4. The number of amides is 1. The molecule has 0 aliphatic heterocycles. The summed E-state index contributed by atoms with van der Waals surface area (Å²) in [5.74, 6) is 0.537. The van der Waals surface area contributed by atoms with Crippen LogP contribution in [0.4, 0.5) is 5.82 Å². The van der Waals surface area contributed by atoms with Crippen molar-refractivity contribution in [2.24, 2.45) is 0 Å². The fraction of sp³-hybridized carbons (Fsp3) is 0.278. The number of aryl methyl sites for hydroxylation is 2. The first kappa shape index (κ1) is 18.0. The van der Waals surface area contributed by atoms with E-state index in [2.05, 4.69) is 15.5 Å². The Balaban J connectivity index is 1.70. The largest absolute Gasteiger partial charge is 0.462 e. The average molecular weight is 374 g/mol. The van der Waals surface area contributed by atoms with Crippen LogP contribution in [-0.2, 0) is 11.3 Å². The Morgan fingerprint density at radius 2 is 2.04 bits per heavy atom. The number of ether oxygens (including phenoxy) is 1. The Morgan fingerprint density at radius 3 is 2.73 bits per heavy atom. The van der Waals surface area contributed by atoms with Gasteiger partial charge in [0.05, 0.1) is 17.6 Å². The molecule has 0 bridgehead atoms. The van der Waals surface area contributed by atoms with Gasteiger partial charge in [-0.1, -0.05) is 29.8 Å². The summed E-state index contributed by atoms with van der Waals surface area (Å²) in [5.41, 5.74) is 1.68. The number of nitrogens with one attached hydrogen (secondary N) is 1. The molecule has 1 aromatic carbocycles. The molecule has 1 N–H and O–H groups in total. The number of carbonyl (C=O) groups excluding carboxylic acids is 1. The number of aromatic nitrogens is 4. The van der Waals surface area contributed by atoms with E-state index in [0.29, 0.717) is 17.4 Å². The van der Waals surface area contributed by atoms with E-state index in [1.807, 2.05) is 50.2 Å². The molecule has 3 rings (SSSR count). The van der Waals surface area contributed by atoms with Gasteiger partial charge in [0.15, 0.2) is 6.10 Å². The van der Waals surface area contributed by atoms with Gasteiger partial charge >= 0.3 is 0 Å². The first-order chi connectivity index (χ1) is 12.5. The SMILES string of the molecule is CCn1nc(C)cc1NC(=O)[C@H](C)Oc1nn(-c2ccccc2)cc1Cl. The van der Waals surface area contributed by atoms with Gasteiger partial charge in [-0.25, -0.2) is 9.36 Å². The molecule has 136 valence electrons. The minimum Gasteiger partial charge on any atom is -0.462 e. The molecule has 3 aromatic rings. The third-order valence-electron chi connectivity index (χ3n) is 3.77. The van der Waals surface area contributed by atoms with Gasteiger partial charge in [0.1, 0.15) is 10.8 Å². The van der Waals surface area contributed by atoms with E-state index in [4.69, 9.17) is 16.3 Å². The quantitative estimate of drug-likeness (QED) is 0.718. The van der Waals surface area contributed by atoms with Crippen molar-refractivity contribution >= 4 is 23.3 Å². The molecule has 0 saturated carbocycles. The van der Waals surface area contributed by atoms with Gasteiger partial charge < -0.3 is 10.1 Å². The molecule has 1 atom stereocenters. The highest BCUT2D eigenvalue weighted by molar-refractivity contribution is 6.31. The van der Waals surface area contributed by atoms with Gasteiger partial charge in [-0.3, -0.25) is 4.79 Å². The summed E-state index contributed by atoms with van der Waals surface area (Å²) in [5, 5.41) is 11.8. The number of carbonyl (C=O) groups is 1. The van der Waals surface area contributed by atoms with Crippen molar-refractivity contribution in [1.82, 2.24) is 19.6 Å². The van der Waals surface area contributed by atoms with Crippen LogP contribution in [0.1, 0.15) is 19.5 Å². The van der Waals surface area contributed by atoms with E-state index < -0.39 is 6.10 Å². The van der Waals surface area contributed by atoms with Crippen LogP contribution in [0.15, 0.2) is 42.6 Å². The molecule has 2 heterocycles. The lowest BCUT2D eigenvalue weighted by Gasteiger charge is -2.13. The van der Waals surface area contributed by atoms with Crippen LogP contribution in [-0.4, -0.2) is 31.6 Å². The fourth-order valence-corrected chi connectivity index (χ4v) is 2.64. The topological polar surface area (TPSA) is 74.0 Å². The maximum absolute atomic E-state index is 12.4. The van der Waals surface area contributed by atoms with E-state index in [1.165, 1.54) is 0 Å². The second-order valence-electron chi connectivity index (χ2n) is 5.80. The molecule has 1 amide bonds. The molecule has 0 radical (unpaired) electrons. The van der Waals surface area contributed by atoms with Crippen molar-refractivity contribution < 1.29 is 9.53 Å². The number of hydrogen-bond donors (Lipinski definition) is 1. The summed E-state index contributed by atoms with van der Waals surface area (Å²) in [6, 6.07) is 11.3. The predicted molar refractivity (Wildman–Crippen MR) is 99.9 cm³/mol. The van der Waals surface area contributed by atoms with Crippen LogP contribution >= 0.6 is 11.6 Å². The molecular weight excluding hydrogens is 354 g/mol. The highest BCUT2D eigenvalue weighted by Gasteiger charge is 2.20. The van der Waals surface area contributed by atoms with Crippen LogP contribution < -0.4 is 10.1 Å². The highest BCUT2D eigenvalue weighted by atomic mass is 35.5. The van der Waals surface area contributed by atoms with Crippen LogP contribution in [0, 0.1) is 6.92 Å². The minimum atomic E-state index is -0.771. The van der Waals surface area contributed by atoms with Crippen molar-refractivity contribution in [3.05, 3.63) is 53.3 Å². The first-order valence-electron chi connectivity index (χ1n) is 8.30. The smallest absolute Gasteiger partial charge is 0.266 e. The fourth-order valence-electron chi connectivity index (χ4n) is 2.47. The number of para-hydroxylation sites is 1. The number of nitrogens with zero attached hydrogens (tertiary/aromatic N) is 4. The van der Waals surface area contributed by atoms with E-state index in [9.17, 15) is 4.79 Å². The molecule has 7 nitrogen and oxygen atoms in total. The van der Waals surface area contributed by atoms with E-state index in [-0.39, 0.29) is 11.8 Å². The number of halogens is 1. The maximum atomic E-state index is 12.4. The standard InChI is InChI=1S/C18H20ClN5O2/c1-4-23-16(10-12(2)21-23)20-17(25)13(3)26-18-15(19)11-24(22-18)14-8-6-5-7-9-14/h5-11,13H,4H2,1-3H3,(H,20,25)/t13-/m0/s1. The summed E-state index contributed by atoms with van der Waals surface area (Å²) in [6.07, 6.45) is 0.874. The van der Waals surface area contributed by atoms with Gasteiger partial charge in [-0.2, -0.15) is 5.10 Å². The molecule has 0 fully saturated rings. The molecule has 26 heavy (non-hydrogen) atoms. The van der Waals surface area contributed by atoms with Crippen LogP contribution in [0.25, 0.3) is 5.69 Å². The van der Waals surface area contributed by atoms with Crippen molar-refractivity contribution in [2.75, 3.05) is 5.32 Å². The van der Waals surface area contributed by atoms with Crippen molar-refractivity contribution in [2.45, 2.75) is 33.4 Å². The number of rotatable bonds is 6. The lowest BCUT2D eigenvalue weighted by Crippen LogP contribution is -2.31. The second kappa shape index (κ2) is 7.61.